The van der Waals surface area contributed by atoms with Crippen LogP contribution in [0.4, 0.5) is 0 Å². The molecule has 2 rings (SSSR count). The monoisotopic (exact) mass is 265 g/mol. The molecular formula is C13H15NO5. The normalized spacial score (nSPS) is 17.8. The van der Waals surface area contributed by atoms with Crippen molar-refractivity contribution in [3.8, 4) is 11.5 Å². The molecule has 19 heavy (non-hydrogen) atoms. The van der Waals surface area contributed by atoms with Gasteiger partial charge in [0.2, 0.25) is 0 Å². The van der Waals surface area contributed by atoms with Gasteiger partial charge in [0.1, 0.15) is 6.04 Å². The second-order valence-electron chi connectivity index (χ2n) is 4.05. The van der Waals surface area contributed by atoms with Crippen molar-refractivity contribution in [2.24, 2.45) is 0 Å². The smallest absolute Gasteiger partial charge is 0.328 e. The number of amides is 1. The van der Waals surface area contributed by atoms with Crippen LogP contribution in [0.15, 0.2) is 18.2 Å². The molecule has 0 saturated carbocycles. The Labute approximate surface area is 110 Å². The summed E-state index contributed by atoms with van der Waals surface area (Å²) in [7, 11) is 3.01. The molecule has 6 heteroatoms. The van der Waals surface area contributed by atoms with Crippen molar-refractivity contribution in [3.05, 3.63) is 23.8 Å². The topological polar surface area (TPSA) is 73.9 Å². The summed E-state index contributed by atoms with van der Waals surface area (Å²) in [6.07, 6.45) is 0.498. The number of rotatable bonds is 4. The van der Waals surface area contributed by atoms with Gasteiger partial charge in [-0.2, -0.15) is 0 Å². The van der Waals surface area contributed by atoms with E-state index in [4.69, 9.17) is 14.2 Å². The van der Waals surface area contributed by atoms with E-state index in [1.165, 1.54) is 14.2 Å². The number of hydrogen-bond acceptors (Lipinski definition) is 5. The fourth-order valence-electron chi connectivity index (χ4n) is 1.85. The molecular weight excluding hydrogens is 250 g/mol. The van der Waals surface area contributed by atoms with Crippen LogP contribution in [0, 0.1) is 0 Å². The van der Waals surface area contributed by atoms with Gasteiger partial charge in [-0.3, -0.25) is 4.79 Å². The highest BCUT2D eigenvalue weighted by Gasteiger charge is 2.28. The molecule has 1 saturated heterocycles. The van der Waals surface area contributed by atoms with Crippen LogP contribution >= 0.6 is 0 Å². The second kappa shape index (κ2) is 5.60. The third kappa shape index (κ3) is 2.78. The zero-order chi connectivity index (χ0) is 13.8. The quantitative estimate of drug-likeness (QED) is 0.813. The third-order valence-electron chi connectivity index (χ3n) is 2.89. The maximum atomic E-state index is 12.0. The fourth-order valence-corrected chi connectivity index (χ4v) is 1.85. The number of nitrogens with one attached hydrogen (secondary N) is 1. The van der Waals surface area contributed by atoms with Crippen LogP contribution in [0.5, 0.6) is 11.5 Å². The highest BCUT2D eigenvalue weighted by atomic mass is 16.5. The van der Waals surface area contributed by atoms with E-state index < -0.39 is 12.0 Å². The van der Waals surface area contributed by atoms with E-state index in [1.54, 1.807) is 18.2 Å². The standard InChI is InChI=1S/C13H15NO5/c1-17-10-4-3-8(7-11(10)18-2)12(15)14-9-5-6-19-13(9)16/h3-4,7,9H,5-6H2,1-2H3,(H,14,15). The van der Waals surface area contributed by atoms with Crippen LogP contribution in [0.25, 0.3) is 0 Å². The van der Waals surface area contributed by atoms with Gasteiger partial charge in [0, 0.05) is 12.0 Å². The number of benzene rings is 1. The molecule has 1 heterocycles. The molecule has 1 N–H and O–H groups in total. The fraction of sp³-hybridized carbons (Fsp3) is 0.385. The largest absolute Gasteiger partial charge is 0.493 e. The number of esters is 1. The Morgan fingerprint density at radius 1 is 1.32 bits per heavy atom. The summed E-state index contributed by atoms with van der Waals surface area (Å²) < 4.78 is 15.0. The molecule has 1 aliphatic rings. The zero-order valence-corrected chi connectivity index (χ0v) is 10.8. The first-order valence-corrected chi connectivity index (χ1v) is 5.85. The van der Waals surface area contributed by atoms with Crippen molar-refractivity contribution in [2.75, 3.05) is 20.8 Å². The molecule has 0 radical (unpaired) electrons. The van der Waals surface area contributed by atoms with Crippen LogP contribution in [0.2, 0.25) is 0 Å². The van der Waals surface area contributed by atoms with Crippen molar-refractivity contribution in [1.29, 1.82) is 0 Å². The average Bonchev–Trinajstić information content (AvgIpc) is 2.83. The van der Waals surface area contributed by atoms with E-state index in [0.29, 0.717) is 30.1 Å². The van der Waals surface area contributed by atoms with Crippen molar-refractivity contribution in [1.82, 2.24) is 5.32 Å². The number of ether oxygens (including phenoxy) is 3. The van der Waals surface area contributed by atoms with E-state index >= 15 is 0 Å². The molecule has 0 aromatic heterocycles. The maximum Gasteiger partial charge on any atom is 0.328 e. The molecule has 1 aliphatic heterocycles. The number of methoxy groups -OCH3 is 2. The molecule has 0 aliphatic carbocycles. The van der Waals surface area contributed by atoms with Gasteiger partial charge in [-0.1, -0.05) is 0 Å². The predicted octanol–water partition coefficient (Wildman–Crippen LogP) is 0.749. The molecule has 102 valence electrons. The number of carbonyl (C=O) groups is 2. The minimum atomic E-state index is -0.569. The van der Waals surface area contributed by atoms with Crippen molar-refractivity contribution in [2.45, 2.75) is 12.5 Å². The predicted molar refractivity (Wildman–Crippen MR) is 66.4 cm³/mol. The SMILES string of the molecule is COc1ccc(C(=O)NC2CCOC2=O)cc1OC. The summed E-state index contributed by atoms with van der Waals surface area (Å²) in [5.74, 6) is 0.266. The molecule has 0 bridgehead atoms. The summed E-state index contributed by atoms with van der Waals surface area (Å²) in [5.41, 5.74) is 0.400. The lowest BCUT2D eigenvalue weighted by molar-refractivity contribution is -0.139. The van der Waals surface area contributed by atoms with Gasteiger partial charge in [0.25, 0.3) is 5.91 Å². The lowest BCUT2D eigenvalue weighted by Crippen LogP contribution is -2.37. The van der Waals surface area contributed by atoms with Gasteiger partial charge in [0.05, 0.1) is 20.8 Å². The van der Waals surface area contributed by atoms with Gasteiger partial charge in [-0.25, -0.2) is 4.79 Å². The van der Waals surface area contributed by atoms with Gasteiger partial charge in [-0.15, -0.1) is 0 Å². The van der Waals surface area contributed by atoms with Gasteiger partial charge >= 0.3 is 5.97 Å². The van der Waals surface area contributed by atoms with Crippen LogP contribution in [-0.2, 0) is 9.53 Å². The highest BCUT2D eigenvalue weighted by molar-refractivity contribution is 5.97. The van der Waals surface area contributed by atoms with E-state index in [1.807, 2.05) is 0 Å². The first-order chi connectivity index (χ1) is 9.15. The molecule has 1 atom stereocenters. The van der Waals surface area contributed by atoms with Crippen molar-refractivity contribution in [3.63, 3.8) is 0 Å². The van der Waals surface area contributed by atoms with Crippen molar-refractivity contribution < 1.29 is 23.8 Å². The summed E-state index contributed by atoms with van der Waals surface area (Å²) in [4.78, 5) is 23.3. The Balaban J connectivity index is 2.12. The zero-order valence-electron chi connectivity index (χ0n) is 10.8. The molecule has 1 amide bonds. The third-order valence-corrected chi connectivity index (χ3v) is 2.89. The van der Waals surface area contributed by atoms with E-state index in [-0.39, 0.29) is 5.91 Å². The summed E-state index contributed by atoms with van der Waals surface area (Å²) in [6.45, 7) is 0.343. The molecule has 0 spiro atoms. The maximum absolute atomic E-state index is 12.0. The van der Waals surface area contributed by atoms with Gasteiger partial charge in [0.15, 0.2) is 11.5 Å². The lowest BCUT2D eigenvalue weighted by atomic mass is 10.1. The number of cyclic esters (lactones) is 1. The molecule has 1 unspecified atom stereocenters. The van der Waals surface area contributed by atoms with Gasteiger partial charge in [-0.05, 0) is 18.2 Å². The molecule has 1 aromatic carbocycles. The van der Waals surface area contributed by atoms with Crippen LogP contribution in [-0.4, -0.2) is 38.7 Å². The Morgan fingerprint density at radius 2 is 2.05 bits per heavy atom. The molecule has 6 nitrogen and oxygen atoms in total. The van der Waals surface area contributed by atoms with Crippen LogP contribution in [0.1, 0.15) is 16.8 Å². The summed E-state index contributed by atoms with van der Waals surface area (Å²) in [5, 5.41) is 2.62. The van der Waals surface area contributed by atoms with Crippen LogP contribution in [0.3, 0.4) is 0 Å². The van der Waals surface area contributed by atoms with E-state index in [9.17, 15) is 9.59 Å². The Morgan fingerprint density at radius 3 is 2.63 bits per heavy atom. The minimum Gasteiger partial charge on any atom is -0.493 e. The minimum absolute atomic E-state index is 0.343. The Kier molecular flexibility index (Phi) is 3.89. The number of hydrogen-bond donors (Lipinski definition) is 1. The summed E-state index contributed by atoms with van der Waals surface area (Å²) >= 11 is 0. The Bertz CT molecular complexity index is 500. The van der Waals surface area contributed by atoms with Gasteiger partial charge < -0.3 is 19.5 Å². The first kappa shape index (κ1) is 13.2. The van der Waals surface area contributed by atoms with E-state index in [2.05, 4.69) is 5.32 Å². The highest BCUT2D eigenvalue weighted by Crippen LogP contribution is 2.27. The average molecular weight is 265 g/mol. The lowest BCUT2D eigenvalue weighted by Gasteiger charge is -2.11. The number of carbonyl (C=O) groups excluding carboxylic acids is 2. The second-order valence-corrected chi connectivity index (χ2v) is 4.05. The summed E-state index contributed by atoms with van der Waals surface area (Å²) in [6, 6.07) is 4.24. The van der Waals surface area contributed by atoms with Crippen molar-refractivity contribution >= 4 is 11.9 Å². The van der Waals surface area contributed by atoms with Crippen LogP contribution < -0.4 is 14.8 Å². The first-order valence-electron chi connectivity index (χ1n) is 5.85. The Hall–Kier alpha value is -2.24. The molecule has 1 aromatic rings. The van der Waals surface area contributed by atoms with E-state index in [0.717, 1.165) is 0 Å². The molecule has 1 fully saturated rings.